The standard InChI is InChI=1S/C15H16N2O/c1-2-11-6-5-7-12(10-11)18-14-9-4-3-8-13(14)15(16)17/h3-10H,2H2,1H3,(H3,16,17). The molecule has 0 aliphatic heterocycles. The monoisotopic (exact) mass is 240 g/mol. The lowest BCUT2D eigenvalue weighted by molar-refractivity contribution is 0.481. The minimum absolute atomic E-state index is 0.0113. The van der Waals surface area contributed by atoms with Gasteiger partial charge in [0, 0.05) is 0 Å². The molecule has 0 saturated heterocycles. The van der Waals surface area contributed by atoms with Crippen LogP contribution in [0.4, 0.5) is 0 Å². The van der Waals surface area contributed by atoms with Gasteiger partial charge in [0.1, 0.15) is 17.3 Å². The first-order valence-corrected chi connectivity index (χ1v) is 5.91. The summed E-state index contributed by atoms with van der Waals surface area (Å²) in [6, 6.07) is 15.2. The van der Waals surface area contributed by atoms with Gasteiger partial charge < -0.3 is 10.5 Å². The zero-order valence-electron chi connectivity index (χ0n) is 10.3. The van der Waals surface area contributed by atoms with Gasteiger partial charge in [-0.25, -0.2) is 0 Å². The molecule has 0 fully saturated rings. The van der Waals surface area contributed by atoms with Crippen molar-refractivity contribution in [1.82, 2.24) is 0 Å². The Kier molecular flexibility index (Phi) is 3.63. The fraction of sp³-hybridized carbons (Fsp3) is 0.133. The third-order valence-electron chi connectivity index (χ3n) is 2.71. The van der Waals surface area contributed by atoms with Crippen molar-refractivity contribution >= 4 is 5.84 Å². The molecule has 2 rings (SSSR count). The van der Waals surface area contributed by atoms with Crippen molar-refractivity contribution in [3.05, 3.63) is 59.7 Å². The lowest BCUT2D eigenvalue weighted by atomic mass is 10.1. The van der Waals surface area contributed by atoms with E-state index in [4.69, 9.17) is 15.9 Å². The molecule has 18 heavy (non-hydrogen) atoms. The van der Waals surface area contributed by atoms with Crippen LogP contribution < -0.4 is 10.5 Å². The van der Waals surface area contributed by atoms with Gasteiger partial charge in [-0.15, -0.1) is 0 Å². The summed E-state index contributed by atoms with van der Waals surface area (Å²) < 4.78 is 5.79. The lowest BCUT2D eigenvalue weighted by Crippen LogP contribution is -2.12. The fourth-order valence-corrected chi connectivity index (χ4v) is 1.73. The van der Waals surface area contributed by atoms with Gasteiger partial charge in [0.15, 0.2) is 0 Å². The van der Waals surface area contributed by atoms with Crippen LogP contribution in [0.3, 0.4) is 0 Å². The van der Waals surface area contributed by atoms with E-state index in [-0.39, 0.29) is 5.84 Å². The Bertz CT molecular complexity index is 564. The van der Waals surface area contributed by atoms with Crippen LogP contribution in [0.1, 0.15) is 18.1 Å². The second kappa shape index (κ2) is 5.36. The minimum atomic E-state index is 0.0113. The molecule has 0 aliphatic carbocycles. The van der Waals surface area contributed by atoms with Gasteiger partial charge in [0.25, 0.3) is 0 Å². The number of hydrogen-bond donors (Lipinski definition) is 2. The number of nitrogens with one attached hydrogen (secondary N) is 1. The summed E-state index contributed by atoms with van der Waals surface area (Å²) in [6.45, 7) is 2.10. The number of rotatable bonds is 4. The predicted octanol–water partition coefficient (Wildman–Crippen LogP) is 3.33. The summed E-state index contributed by atoms with van der Waals surface area (Å²) in [5, 5.41) is 7.52. The molecule has 0 aromatic heterocycles. The zero-order valence-corrected chi connectivity index (χ0v) is 10.3. The van der Waals surface area contributed by atoms with E-state index >= 15 is 0 Å². The van der Waals surface area contributed by atoms with Crippen LogP contribution in [0.15, 0.2) is 48.5 Å². The molecule has 0 radical (unpaired) electrons. The first-order valence-electron chi connectivity index (χ1n) is 5.91. The molecule has 0 saturated carbocycles. The smallest absolute Gasteiger partial charge is 0.138 e. The quantitative estimate of drug-likeness (QED) is 0.636. The van der Waals surface area contributed by atoms with E-state index < -0.39 is 0 Å². The summed E-state index contributed by atoms with van der Waals surface area (Å²) in [7, 11) is 0. The van der Waals surface area contributed by atoms with Crippen molar-refractivity contribution in [2.45, 2.75) is 13.3 Å². The molecular weight excluding hydrogens is 224 g/mol. The second-order valence-electron chi connectivity index (χ2n) is 4.01. The number of nitrogens with two attached hydrogens (primary N) is 1. The lowest BCUT2D eigenvalue weighted by Gasteiger charge is -2.10. The Hall–Kier alpha value is -2.29. The number of benzene rings is 2. The third-order valence-corrected chi connectivity index (χ3v) is 2.71. The largest absolute Gasteiger partial charge is 0.457 e. The SMILES string of the molecule is CCc1cccc(Oc2ccccc2C(=N)N)c1. The van der Waals surface area contributed by atoms with Crippen molar-refractivity contribution in [1.29, 1.82) is 5.41 Å². The van der Waals surface area contributed by atoms with Crippen LogP contribution in [0.2, 0.25) is 0 Å². The van der Waals surface area contributed by atoms with Gasteiger partial charge in [0.05, 0.1) is 5.56 Å². The first-order chi connectivity index (χ1) is 8.70. The van der Waals surface area contributed by atoms with E-state index in [0.29, 0.717) is 11.3 Å². The summed E-state index contributed by atoms with van der Waals surface area (Å²) in [5.74, 6) is 1.39. The van der Waals surface area contributed by atoms with Gasteiger partial charge in [-0.05, 0) is 36.2 Å². The molecule has 2 aromatic carbocycles. The molecule has 0 aliphatic rings. The van der Waals surface area contributed by atoms with Crippen molar-refractivity contribution < 1.29 is 4.74 Å². The van der Waals surface area contributed by atoms with E-state index in [9.17, 15) is 0 Å². The molecule has 0 bridgehead atoms. The van der Waals surface area contributed by atoms with Crippen LogP contribution in [0, 0.1) is 5.41 Å². The highest BCUT2D eigenvalue weighted by Crippen LogP contribution is 2.25. The molecule has 0 atom stereocenters. The number of hydrogen-bond acceptors (Lipinski definition) is 2. The van der Waals surface area contributed by atoms with E-state index in [1.54, 1.807) is 6.07 Å². The molecule has 92 valence electrons. The van der Waals surface area contributed by atoms with Gasteiger partial charge in [-0.1, -0.05) is 31.2 Å². The zero-order chi connectivity index (χ0) is 13.0. The van der Waals surface area contributed by atoms with Gasteiger partial charge in [0.2, 0.25) is 0 Å². The van der Waals surface area contributed by atoms with Crippen LogP contribution in [-0.4, -0.2) is 5.84 Å². The van der Waals surface area contributed by atoms with Crippen LogP contribution in [0.25, 0.3) is 0 Å². The van der Waals surface area contributed by atoms with Gasteiger partial charge >= 0.3 is 0 Å². The van der Waals surface area contributed by atoms with Crippen molar-refractivity contribution in [2.24, 2.45) is 5.73 Å². The highest BCUT2D eigenvalue weighted by Gasteiger charge is 2.06. The molecule has 0 unspecified atom stereocenters. The third kappa shape index (κ3) is 2.69. The number of amidine groups is 1. The van der Waals surface area contributed by atoms with Crippen molar-refractivity contribution in [3.8, 4) is 11.5 Å². The summed E-state index contributed by atoms with van der Waals surface area (Å²) in [6.07, 6.45) is 0.964. The molecular formula is C15H16N2O. The number of nitrogen functional groups attached to an aromatic ring is 1. The van der Waals surface area contributed by atoms with Gasteiger partial charge in [-0.3, -0.25) is 5.41 Å². The highest BCUT2D eigenvalue weighted by molar-refractivity contribution is 5.97. The molecule has 3 nitrogen and oxygen atoms in total. The highest BCUT2D eigenvalue weighted by atomic mass is 16.5. The van der Waals surface area contributed by atoms with Crippen LogP contribution >= 0.6 is 0 Å². The minimum Gasteiger partial charge on any atom is -0.457 e. The Morgan fingerprint density at radius 1 is 1.17 bits per heavy atom. The maximum absolute atomic E-state index is 7.52. The average Bonchev–Trinajstić information content (AvgIpc) is 2.39. The number of ether oxygens (including phenoxy) is 1. The molecule has 0 spiro atoms. The predicted molar refractivity (Wildman–Crippen MR) is 73.4 cm³/mol. The van der Waals surface area contributed by atoms with Crippen molar-refractivity contribution in [3.63, 3.8) is 0 Å². The van der Waals surface area contributed by atoms with E-state index in [2.05, 4.69) is 13.0 Å². The van der Waals surface area contributed by atoms with Crippen LogP contribution in [-0.2, 0) is 6.42 Å². The van der Waals surface area contributed by atoms with E-state index in [0.717, 1.165) is 12.2 Å². The Labute approximate surface area is 107 Å². The normalized spacial score (nSPS) is 10.1. The molecule has 0 heterocycles. The molecule has 3 heteroatoms. The summed E-state index contributed by atoms with van der Waals surface area (Å²) in [5.41, 5.74) is 7.35. The maximum atomic E-state index is 7.52. The number of aryl methyl sites for hydroxylation is 1. The molecule has 2 aromatic rings. The maximum Gasteiger partial charge on any atom is 0.138 e. The second-order valence-corrected chi connectivity index (χ2v) is 4.01. The fourth-order valence-electron chi connectivity index (χ4n) is 1.73. The Balaban J connectivity index is 2.31. The molecule has 0 amide bonds. The Morgan fingerprint density at radius 3 is 2.67 bits per heavy atom. The van der Waals surface area contributed by atoms with E-state index in [1.807, 2.05) is 36.4 Å². The summed E-state index contributed by atoms with van der Waals surface area (Å²) in [4.78, 5) is 0. The topological polar surface area (TPSA) is 59.1 Å². The van der Waals surface area contributed by atoms with E-state index in [1.165, 1.54) is 5.56 Å². The average molecular weight is 240 g/mol. The number of para-hydroxylation sites is 1. The summed E-state index contributed by atoms with van der Waals surface area (Å²) >= 11 is 0. The Morgan fingerprint density at radius 2 is 1.94 bits per heavy atom. The first kappa shape index (κ1) is 12.2. The van der Waals surface area contributed by atoms with Gasteiger partial charge in [-0.2, -0.15) is 0 Å². The van der Waals surface area contributed by atoms with Crippen molar-refractivity contribution in [2.75, 3.05) is 0 Å². The molecule has 3 N–H and O–H groups in total. The van der Waals surface area contributed by atoms with Crippen LogP contribution in [0.5, 0.6) is 11.5 Å².